The first-order valence-electron chi connectivity index (χ1n) is 15.9. The number of halogens is 1. The predicted octanol–water partition coefficient (Wildman–Crippen LogP) is 8.12. The minimum absolute atomic E-state index is 0.0124. The molecule has 4 aromatic carbocycles. The van der Waals surface area contributed by atoms with E-state index in [2.05, 4.69) is 24.8 Å². The van der Waals surface area contributed by atoms with E-state index in [0.717, 1.165) is 16.9 Å². The summed E-state index contributed by atoms with van der Waals surface area (Å²) in [5, 5.41) is 0.113. The number of hydrogen-bond acceptors (Lipinski definition) is 11. The first-order valence-corrected chi connectivity index (χ1v) is 17.4. The molecule has 0 fully saturated rings. The monoisotopic (exact) mass is 704 g/mol. The number of nitrogens with zero attached hydrogens (tertiary/aromatic N) is 6. The second-order valence-electron chi connectivity index (χ2n) is 11.5. The molecule has 0 spiro atoms. The maximum atomic E-state index is 13.1. The summed E-state index contributed by atoms with van der Waals surface area (Å²) in [5.74, 6) is 2.69. The van der Waals surface area contributed by atoms with Gasteiger partial charge in [-0.25, -0.2) is 32.5 Å². The zero-order valence-corrected chi connectivity index (χ0v) is 28.3. The van der Waals surface area contributed by atoms with E-state index in [-0.39, 0.29) is 23.9 Å². The molecule has 13 heteroatoms. The molecule has 0 saturated carbocycles. The van der Waals surface area contributed by atoms with Gasteiger partial charge < -0.3 is 14.4 Å². The van der Waals surface area contributed by atoms with Crippen molar-refractivity contribution in [2.45, 2.75) is 25.5 Å². The topological polar surface area (TPSA) is 120 Å². The quantitative estimate of drug-likeness (QED) is 0.116. The summed E-state index contributed by atoms with van der Waals surface area (Å²) in [7, 11) is -3.51. The highest BCUT2D eigenvalue weighted by Gasteiger charge is 2.50. The molecule has 0 aliphatic carbocycles. The van der Waals surface area contributed by atoms with Gasteiger partial charge in [0.05, 0.1) is 28.3 Å². The summed E-state index contributed by atoms with van der Waals surface area (Å²) in [6.07, 6.45) is 5.44. The van der Waals surface area contributed by atoms with Gasteiger partial charge in [-0.3, -0.25) is 4.90 Å². The van der Waals surface area contributed by atoms with Crippen LogP contribution in [0.4, 0.5) is 22.7 Å². The standard InChI is InChI=1S/C37H29ClN6O5S/c1-2-24-16-17-31-34(33(24)35-39-20-9-21-40-35)44(27-12-5-8-15-30(27)48-31)37(49-50(45)46,36-41-22-18-32(38)42-36)19-23-43-25-10-3-6-13-28(25)47-29-14-7-4-11-26(29)43/h3-18,20-22,50H,2,19,23H2,1H3. The van der Waals surface area contributed by atoms with Crippen LogP contribution >= 0.6 is 11.6 Å². The van der Waals surface area contributed by atoms with E-state index in [4.69, 9.17) is 25.3 Å². The molecule has 0 bridgehead atoms. The Morgan fingerprint density at radius 3 is 2.00 bits per heavy atom. The van der Waals surface area contributed by atoms with Crippen molar-refractivity contribution >= 4 is 45.3 Å². The molecule has 2 aliphatic heterocycles. The van der Waals surface area contributed by atoms with Gasteiger partial charge >= 0.3 is 0 Å². The zero-order chi connectivity index (χ0) is 34.2. The minimum Gasteiger partial charge on any atom is -0.453 e. The van der Waals surface area contributed by atoms with Gasteiger partial charge in [-0.1, -0.05) is 61.0 Å². The first-order chi connectivity index (χ1) is 24.5. The van der Waals surface area contributed by atoms with E-state index in [9.17, 15) is 8.42 Å². The lowest BCUT2D eigenvalue weighted by Gasteiger charge is -2.46. The average molecular weight is 705 g/mol. The molecule has 8 rings (SSSR count). The largest absolute Gasteiger partial charge is 0.453 e. The molecule has 0 saturated heterocycles. The molecule has 2 aromatic heterocycles. The Hall–Kier alpha value is -5.56. The number of anilines is 4. The number of ether oxygens (including phenoxy) is 2. The lowest BCUT2D eigenvalue weighted by atomic mass is 9.95. The molecule has 1 atom stereocenters. The maximum Gasteiger partial charge on any atom is 0.259 e. The summed E-state index contributed by atoms with van der Waals surface area (Å²) < 4.78 is 45.1. The third-order valence-corrected chi connectivity index (χ3v) is 9.37. The summed E-state index contributed by atoms with van der Waals surface area (Å²) in [6, 6.07) is 29.8. The molecular weight excluding hydrogens is 676 g/mol. The van der Waals surface area contributed by atoms with Gasteiger partial charge in [-0.15, -0.1) is 0 Å². The van der Waals surface area contributed by atoms with Crippen LogP contribution in [0, 0.1) is 0 Å². The van der Waals surface area contributed by atoms with Gasteiger partial charge in [0.1, 0.15) is 5.15 Å². The number of fused-ring (bicyclic) bond motifs is 4. The van der Waals surface area contributed by atoms with Crippen molar-refractivity contribution in [1.82, 2.24) is 19.9 Å². The van der Waals surface area contributed by atoms with Gasteiger partial charge in [0, 0.05) is 31.6 Å². The summed E-state index contributed by atoms with van der Waals surface area (Å²) >= 11 is 6.54. The zero-order valence-electron chi connectivity index (χ0n) is 26.6. The predicted molar refractivity (Wildman–Crippen MR) is 190 cm³/mol. The van der Waals surface area contributed by atoms with Crippen LogP contribution in [0.1, 0.15) is 24.7 Å². The second-order valence-corrected chi connectivity index (χ2v) is 12.5. The smallest absolute Gasteiger partial charge is 0.259 e. The van der Waals surface area contributed by atoms with Crippen molar-refractivity contribution in [2.24, 2.45) is 0 Å². The Kier molecular flexibility index (Phi) is 8.27. The average Bonchev–Trinajstić information content (AvgIpc) is 3.14. The van der Waals surface area contributed by atoms with E-state index in [0.29, 0.717) is 52.2 Å². The lowest BCUT2D eigenvalue weighted by molar-refractivity contribution is 0.0684. The van der Waals surface area contributed by atoms with Crippen LogP contribution in [-0.4, -0.2) is 34.9 Å². The van der Waals surface area contributed by atoms with Crippen molar-refractivity contribution in [3.8, 4) is 34.4 Å². The number of thiol groups is 1. The molecule has 4 heterocycles. The highest BCUT2D eigenvalue weighted by molar-refractivity contribution is 7.67. The van der Waals surface area contributed by atoms with Crippen LogP contribution in [0.2, 0.25) is 5.15 Å². The molecular formula is C37H29ClN6O5S. The van der Waals surface area contributed by atoms with Crippen LogP contribution < -0.4 is 19.3 Å². The van der Waals surface area contributed by atoms with Gasteiger partial charge in [0.15, 0.2) is 34.6 Å². The molecule has 1 unspecified atom stereocenters. The minimum atomic E-state index is -3.51. The Morgan fingerprint density at radius 1 is 0.740 bits per heavy atom. The lowest BCUT2D eigenvalue weighted by Crippen LogP contribution is -2.50. The van der Waals surface area contributed by atoms with Gasteiger partial charge in [0.25, 0.3) is 11.0 Å². The Labute approximate surface area is 294 Å². The molecule has 11 nitrogen and oxygen atoms in total. The third-order valence-electron chi connectivity index (χ3n) is 8.71. The maximum absolute atomic E-state index is 13.1. The van der Waals surface area contributed by atoms with Crippen molar-refractivity contribution in [3.05, 3.63) is 132 Å². The normalized spacial score (nSPS) is 14.1. The third kappa shape index (κ3) is 5.47. The fourth-order valence-corrected chi connectivity index (χ4v) is 7.25. The number of hydrogen-bond donors (Lipinski definition) is 1. The first kappa shape index (κ1) is 31.7. The molecule has 2 aliphatic rings. The van der Waals surface area contributed by atoms with E-state index in [1.165, 1.54) is 12.3 Å². The van der Waals surface area contributed by atoms with Crippen LogP contribution in [0.5, 0.6) is 23.0 Å². The van der Waals surface area contributed by atoms with Crippen molar-refractivity contribution in [1.29, 1.82) is 0 Å². The molecule has 50 heavy (non-hydrogen) atoms. The summed E-state index contributed by atoms with van der Waals surface area (Å²) in [4.78, 5) is 22.4. The molecule has 0 N–H and O–H groups in total. The number of rotatable bonds is 9. The number of para-hydroxylation sites is 6. The van der Waals surface area contributed by atoms with Gasteiger partial charge in [-0.05, 0) is 66.6 Å². The van der Waals surface area contributed by atoms with Crippen LogP contribution in [-0.2, 0) is 27.3 Å². The Bertz CT molecular complexity index is 2260. The van der Waals surface area contributed by atoms with E-state index in [1.807, 2.05) is 91.9 Å². The van der Waals surface area contributed by atoms with Crippen molar-refractivity contribution in [3.63, 3.8) is 0 Å². The molecule has 6 aromatic rings. The summed E-state index contributed by atoms with van der Waals surface area (Å²) in [6.45, 7) is 2.26. The van der Waals surface area contributed by atoms with E-state index >= 15 is 0 Å². The van der Waals surface area contributed by atoms with Crippen LogP contribution in [0.15, 0.2) is 116 Å². The SMILES string of the molecule is CCc1ccc2c(c1-c1ncccn1)N(C(CCN1c3ccccc3Oc3ccccc31)(O[SH](=O)=O)c1nccc(Cl)n1)c1ccccc1O2. The molecule has 0 radical (unpaired) electrons. The number of benzene rings is 4. The van der Waals surface area contributed by atoms with Gasteiger partial charge in [-0.2, -0.15) is 0 Å². The fraction of sp³-hybridized carbons (Fsp3) is 0.135. The van der Waals surface area contributed by atoms with E-state index in [1.54, 1.807) is 23.4 Å². The van der Waals surface area contributed by atoms with Crippen LogP contribution in [0.3, 0.4) is 0 Å². The number of aromatic nitrogens is 4. The van der Waals surface area contributed by atoms with E-state index < -0.39 is 16.7 Å². The van der Waals surface area contributed by atoms with Gasteiger partial charge in [0.2, 0.25) is 5.72 Å². The van der Waals surface area contributed by atoms with Crippen molar-refractivity contribution < 1.29 is 22.1 Å². The Morgan fingerprint density at radius 2 is 1.36 bits per heavy atom. The molecule has 0 amide bonds. The fourth-order valence-electron chi connectivity index (χ4n) is 6.62. The highest BCUT2D eigenvalue weighted by Crippen LogP contribution is 2.57. The van der Waals surface area contributed by atoms with Crippen LogP contribution in [0.25, 0.3) is 11.4 Å². The Balaban J connectivity index is 1.41. The second kappa shape index (κ2) is 13.0. The molecule has 250 valence electrons. The highest BCUT2D eigenvalue weighted by atomic mass is 35.5. The van der Waals surface area contributed by atoms with Crippen molar-refractivity contribution in [2.75, 3.05) is 16.3 Å². The number of aryl methyl sites for hydroxylation is 1. The summed E-state index contributed by atoms with van der Waals surface area (Å²) in [5.41, 5.74) is 2.27.